The molecule has 2 aliphatic heterocycles. The van der Waals surface area contributed by atoms with Crippen LogP contribution >= 0.6 is 0 Å². The molecule has 0 bridgehead atoms. The molecule has 0 amide bonds. The van der Waals surface area contributed by atoms with Crippen LogP contribution in [0.4, 0.5) is 0 Å². The molecule has 12 heavy (non-hydrogen) atoms. The molecular formula is C9H16NORb. The summed E-state index contributed by atoms with van der Waals surface area (Å²) in [6, 6.07) is 0. The van der Waals surface area contributed by atoms with E-state index in [1.165, 1.54) is 32.4 Å². The minimum Gasteiger partial charge on any atom is -0.383 e. The summed E-state index contributed by atoms with van der Waals surface area (Å²) in [7, 11) is 1.81. The van der Waals surface area contributed by atoms with Gasteiger partial charge >= 0.3 is 58.2 Å². The predicted octanol–water partition coefficient (Wildman–Crippen LogP) is -1.92. The van der Waals surface area contributed by atoms with Gasteiger partial charge in [-0.05, 0) is 19.4 Å². The normalized spacial score (nSPS) is 34.8. The molecule has 2 saturated heterocycles. The molecule has 0 unspecified atom stereocenters. The fourth-order valence-electron chi connectivity index (χ4n) is 2.49. The molecule has 0 spiro atoms. The molecule has 2 fully saturated rings. The van der Waals surface area contributed by atoms with Gasteiger partial charge in [-0.15, -0.1) is 6.54 Å². The molecule has 0 saturated carbocycles. The molecule has 1 atom stereocenters. The zero-order valence-corrected chi connectivity index (χ0v) is 13.1. The first-order valence-electron chi connectivity index (χ1n) is 4.43. The summed E-state index contributed by atoms with van der Waals surface area (Å²) in [5, 5.41) is 0. The summed E-state index contributed by atoms with van der Waals surface area (Å²) >= 11 is 0. The molecule has 2 aliphatic rings. The number of rotatable bonds is 2. The predicted molar refractivity (Wildman–Crippen MR) is 44.3 cm³/mol. The van der Waals surface area contributed by atoms with Gasteiger partial charge in [0.25, 0.3) is 0 Å². The van der Waals surface area contributed by atoms with E-state index in [1.54, 1.807) is 0 Å². The van der Waals surface area contributed by atoms with Crippen LogP contribution in [0.1, 0.15) is 19.3 Å². The topological polar surface area (TPSA) is 12.5 Å². The third-order valence-corrected chi connectivity index (χ3v) is 3.03. The van der Waals surface area contributed by atoms with E-state index in [9.17, 15) is 0 Å². The molecule has 0 aliphatic carbocycles. The van der Waals surface area contributed by atoms with E-state index >= 15 is 0 Å². The van der Waals surface area contributed by atoms with Crippen LogP contribution in [0.2, 0.25) is 0 Å². The zero-order valence-electron chi connectivity index (χ0n) is 8.18. The summed E-state index contributed by atoms with van der Waals surface area (Å²) in [5.74, 6) is 0. The van der Waals surface area contributed by atoms with E-state index in [1.807, 2.05) is 7.11 Å². The van der Waals surface area contributed by atoms with Crippen LogP contribution in [0.5, 0.6) is 0 Å². The van der Waals surface area contributed by atoms with Gasteiger partial charge in [0.1, 0.15) is 0 Å². The number of fused-ring (bicyclic) bond motifs is 1. The monoisotopic (exact) mass is 239 g/mol. The quantitative estimate of drug-likeness (QED) is 0.521. The number of hydrogen-bond donors (Lipinski definition) is 0. The van der Waals surface area contributed by atoms with Crippen LogP contribution < -0.4 is 58.2 Å². The Hall–Kier alpha value is 1.73. The first-order valence-corrected chi connectivity index (χ1v) is 4.43. The van der Waals surface area contributed by atoms with E-state index < -0.39 is 0 Å². The van der Waals surface area contributed by atoms with Gasteiger partial charge in [0.15, 0.2) is 0 Å². The standard InChI is InChI=1S/C9H16NO.Rb/c1-11-8-9-4-2-6-10(9)7-3-5-9;/h2H,3-8H2,1H3;/q-1;+1/t9-;/m1./s1. The number of nitrogens with zero attached hydrogens (tertiary/aromatic N) is 1. The summed E-state index contributed by atoms with van der Waals surface area (Å²) in [4.78, 5) is 2.57. The van der Waals surface area contributed by atoms with Crippen molar-refractivity contribution in [3.63, 3.8) is 0 Å². The summed E-state index contributed by atoms with van der Waals surface area (Å²) in [6.07, 6.45) is 6.31. The summed E-state index contributed by atoms with van der Waals surface area (Å²) < 4.78 is 5.27. The Labute approximate surface area is 124 Å². The van der Waals surface area contributed by atoms with E-state index in [2.05, 4.69) is 11.3 Å². The van der Waals surface area contributed by atoms with Gasteiger partial charge in [0.05, 0.1) is 6.61 Å². The van der Waals surface area contributed by atoms with E-state index in [0.717, 1.165) is 6.61 Å². The average molecular weight is 240 g/mol. The molecule has 64 valence electrons. The van der Waals surface area contributed by atoms with Crippen LogP contribution in [0.3, 0.4) is 0 Å². The molecule has 2 rings (SSSR count). The maximum Gasteiger partial charge on any atom is 1.00 e. The molecule has 0 N–H and O–H groups in total. The van der Waals surface area contributed by atoms with Gasteiger partial charge < -0.3 is 16.1 Å². The van der Waals surface area contributed by atoms with Crippen molar-refractivity contribution in [1.29, 1.82) is 0 Å². The zero-order chi connectivity index (χ0) is 7.73. The van der Waals surface area contributed by atoms with Gasteiger partial charge in [-0.1, -0.05) is 0 Å². The van der Waals surface area contributed by atoms with E-state index in [4.69, 9.17) is 4.74 Å². The molecule has 3 heteroatoms. The minimum absolute atomic E-state index is 0. The number of methoxy groups -OCH3 is 1. The van der Waals surface area contributed by atoms with E-state index in [-0.39, 0.29) is 58.2 Å². The van der Waals surface area contributed by atoms with Crippen molar-refractivity contribution in [2.24, 2.45) is 0 Å². The first kappa shape index (κ1) is 11.8. The van der Waals surface area contributed by atoms with Gasteiger partial charge in [-0.2, -0.15) is 6.42 Å². The van der Waals surface area contributed by atoms with Crippen molar-refractivity contribution in [2.75, 3.05) is 26.8 Å². The van der Waals surface area contributed by atoms with Gasteiger partial charge in [0, 0.05) is 12.6 Å². The maximum atomic E-state index is 5.27. The second kappa shape index (κ2) is 4.99. The van der Waals surface area contributed by atoms with Gasteiger partial charge in [0.2, 0.25) is 0 Å². The Morgan fingerprint density at radius 2 is 2.42 bits per heavy atom. The second-order valence-electron chi connectivity index (χ2n) is 3.70. The molecular weight excluding hydrogens is 224 g/mol. The number of hydrogen-bond acceptors (Lipinski definition) is 2. The van der Waals surface area contributed by atoms with Crippen molar-refractivity contribution in [1.82, 2.24) is 4.90 Å². The fraction of sp³-hybridized carbons (Fsp3) is 0.889. The van der Waals surface area contributed by atoms with Crippen molar-refractivity contribution in [3.05, 3.63) is 6.42 Å². The van der Waals surface area contributed by atoms with Crippen molar-refractivity contribution in [2.45, 2.75) is 24.8 Å². The van der Waals surface area contributed by atoms with Gasteiger partial charge in [-0.25, -0.2) is 0 Å². The van der Waals surface area contributed by atoms with Crippen LogP contribution in [0.15, 0.2) is 0 Å². The molecule has 0 aromatic carbocycles. The third-order valence-electron chi connectivity index (χ3n) is 3.03. The first-order chi connectivity index (χ1) is 5.37. The van der Waals surface area contributed by atoms with Crippen LogP contribution in [-0.2, 0) is 4.74 Å². The summed E-state index contributed by atoms with van der Waals surface area (Å²) in [5.41, 5.74) is 0.411. The Balaban J connectivity index is 0.000000720. The average Bonchev–Trinajstić information content (AvgIpc) is 2.45. The van der Waals surface area contributed by atoms with E-state index in [0.29, 0.717) is 5.54 Å². The third kappa shape index (κ3) is 2.04. The molecule has 2 heterocycles. The van der Waals surface area contributed by atoms with Crippen molar-refractivity contribution in [3.8, 4) is 0 Å². The minimum atomic E-state index is 0. The number of ether oxygens (including phenoxy) is 1. The van der Waals surface area contributed by atoms with Crippen LogP contribution in [-0.4, -0.2) is 37.2 Å². The van der Waals surface area contributed by atoms with Crippen molar-refractivity contribution >= 4 is 0 Å². The largest absolute Gasteiger partial charge is 1.00 e. The molecule has 0 aromatic rings. The Morgan fingerprint density at radius 1 is 1.58 bits per heavy atom. The second-order valence-corrected chi connectivity index (χ2v) is 3.70. The van der Waals surface area contributed by atoms with Gasteiger partial charge in [-0.3, -0.25) is 0 Å². The summed E-state index contributed by atoms with van der Waals surface area (Å²) in [6.45, 7) is 3.38. The smallest absolute Gasteiger partial charge is 0.383 e. The molecule has 2 nitrogen and oxygen atoms in total. The molecule has 0 radical (unpaired) electrons. The van der Waals surface area contributed by atoms with Crippen LogP contribution in [0.25, 0.3) is 0 Å². The van der Waals surface area contributed by atoms with Crippen molar-refractivity contribution < 1.29 is 62.9 Å². The Morgan fingerprint density at radius 3 is 3.17 bits per heavy atom. The Bertz CT molecular complexity index is 141. The maximum absolute atomic E-state index is 5.27. The van der Waals surface area contributed by atoms with Crippen LogP contribution in [0, 0.1) is 6.42 Å². The Kier molecular flexibility index (Phi) is 4.91. The SMILES string of the molecule is COC[C@]12C[CH-]CN1CCC2.[Rb+]. The molecule has 0 aromatic heterocycles. The fourth-order valence-corrected chi connectivity index (χ4v) is 2.49.